The van der Waals surface area contributed by atoms with Gasteiger partial charge in [-0.25, -0.2) is 8.78 Å². The molecule has 5 heterocycles. The number of fused-ring (bicyclic) bond motifs is 20. The van der Waals surface area contributed by atoms with Crippen molar-refractivity contribution < 1.29 is 50.7 Å². The zero-order valence-electron chi connectivity index (χ0n) is 64.5. The molecule has 0 unspecified atom stereocenters. The van der Waals surface area contributed by atoms with Crippen molar-refractivity contribution in [2.24, 2.45) is 0 Å². The maximum absolute atomic E-state index is 13.1. The minimum atomic E-state index is -4.41. The summed E-state index contributed by atoms with van der Waals surface area (Å²) in [6.07, 6.45) is 2.62. The van der Waals surface area contributed by atoms with Crippen LogP contribution in [-0.2, 0) is 75.1 Å². The molecule has 0 bridgehead atoms. The third kappa shape index (κ3) is 14.9. The molecule has 5 amide bonds. The van der Waals surface area contributed by atoms with E-state index in [2.05, 4.69) is 158 Å². The van der Waals surface area contributed by atoms with Crippen LogP contribution in [0.1, 0.15) is 179 Å². The summed E-state index contributed by atoms with van der Waals surface area (Å²) in [5, 5.41) is 14.7. The van der Waals surface area contributed by atoms with E-state index in [0.717, 1.165) is 134 Å². The van der Waals surface area contributed by atoms with Crippen LogP contribution in [0.5, 0.6) is 5.75 Å². The van der Waals surface area contributed by atoms with E-state index in [0.29, 0.717) is 49.0 Å². The Labute approximate surface area is 659 Å². The summed E-state index contributed by atoms with van der Waals surface area (Å²) in [7, 11) is 1.64. The predicted molar refractivity (Wildman–Crippen MR) is 447 cm³/mol. The van der Waals surface area contributed by atoms with Crippen molar-refractivity contribution in [2.45, 2.75) is 131 Å². The average molecular weight is 1520 g/mol. The van der Waals surface area contributed by atoms with Crippen molar-refractivity contribution in [3.63, 3.8) is 0 Å². The summed E-state index contributed by atoms with van der Waals surface area (Å²) in [5.74, 6) is 0.654. The van der Waals surface area contributed by atoms with Crippen LogP contribution >= 0.6 is 0 Å². The molecule has 10 aliphatic rings. The molecule has 5 N–H and O–H groups in total. The lowest BCUT2D eigenvalue weighted by Crippen LogP contribution is -2.12. The van der Waals surface area contributed by atoms with Crippen molar-refractivity contribution in [2.75, 3.05) is 33.7 Å². The van der Waals surface area contributed by atoms with Crippen LogP contribution in [0.25, 0.3) is 55.7 Å². The molecule has 5 aliphatic carbocycles. The first-order valence-electron chi connectivity index (χ1n) is 38.6. The van der Waals surface area contributed by atoms with Crippen molar-refractivity contribution in [3.8, 4) is 5.75 Å². The average Bonchev–Trinajstić information content (AvgIpc) is 1.61. The van der Waals surface area contributed by atoms with Gasteiger partial charge in [0.15, 0.2) is 0 Å². The first-order chi connectivity index (χ1) is 54.8. The minimum absolute atomic E-state index is 0.0149. The molecule has 0 atom stereocenters. The zero-order chi connectivity index (χ0) is 79.7. The Morgan fingerprint density at radius 2 is 0.667 bits per heavy atom. The fraction of sp³-hybridized carbons (Fsp3) is 0.214. The number of nitrogens with one attached hydrogen (secondary N) is 5. The highest BCUT2D eigenvalue weighted by Gasteiger charge is 2.37. The standard InChI is InChI=1S/C21H19NO.C20H19NO.C19H14F3NO.C19H15F2NO.C19H17NO2/c1-3-4-14-6-8-20-19(10-14)17-11-15-7-5-13(2)9-16(15)18(17)12-21(23)22-20;1-3-13-5-7-19-18(9-13)16-10-14-6-4-12(2)8-15(14)17(16)11-20(22)21-19;1-10-2-3-11-7-14-15(13(11)6-10)9-18(24)23-17-5-4-12(8-16(14)17)19(20,21)22;1-10-2-3-11-7-14-15(13(11)6-10)9-18(23)22-17-5-4-12(19(20)21)8-16(14)17;1-11-3-4-12-8-16-14-6-5-13(22-2)9-18(14)20-19(21)10-17(16)15(12)7-11/h3,5-10H,1,4,11-12H2,2H3,(H,22,23);4-9H,3,10-11H2,1-2H3,(H,21,22);2-6,8H,7,9H2,1H3,(H,23,24);2-6,8,19H,7,9H2,1H3,(H,22,23);3-7,9H,8,10H2,1-2H3,(H,20,21). The number of aryl methyl sites for hydroxylation is 6. The van der Waals surface area contributed by atoms with Crippen LogP contribution < -0.4 is 31.3 Å². The highest BCUT2D eigenvalue weighted by molar-refractivity contribution is 6.17. The number of allylic oxidation sites excluding steroid dienone is 6. The Hall–Kier alpha value is -12.6. The summed E-state index contributed by atoms with van der Waals surface area (Å²) in [4.78, 5) is 61.3. The molecule has 0 spiro atoms. The smallest absolute Gasteiger partial charge is 0.416 e. The quantitative estimate of drug-likeness (QED) is 0.0854. The number of ether oxygens (including phenoxy) is 1. The van der Waals surface area contributed by atoms with Gasteiger partial charge in [0.2, 0.25) is 29.5 Å². The minimum Gasteiger partial charge on any atom is -0.497 e. The van der Waals surface area contributed by atoms with Gasteiger partial charge in [0, 0.05) is 62.2 Å². The van der Waals surface area contributed by atoms with E-state index in [1.807, 2.05) is 68.5 Å². The first-order valence-corrected chi connectivity index (χ1v) is 38.6. The lowest BCUT2D eigenvalue weighted by atomic mass is 9.96. The molecule has 5 aliphatic heterocycles. The number of benzene rings is 10. The normalized spacial score (nSPS) is 15.8. The monoisotopic (exact) mass is 1520 g/mol. The molecule has 10 aromatic carbocycles. The Kier molecular flexibility index (Phi) is 20.2. The molecule has 10 aromatic rings. The van der Waals surface area contributed by atoms with Crippen molar-refractivity contribution in [1.29, 1.82) is 0 Å². The van der Waals surface area contributed by atoms with Crippen LogP contribution in [0.2, 0.25) is 0 Å². The second kappa shape index (κ2) is 30.5. The largest absolute Gasteiger partial charge is 0.497 e. The molecule has 0 saturated heterocycles. The second-order valence-corrected chi connectivity index (χ2v) is 31.0. The van der Waals surface area contributed by atoms with Gasteiger partial charge in [0.05, 0.1) is 50.5 Å². The van der Waals surface area contributed by atoms with Gasteiger partial charge in [-0.2, -0.15) is 13.2 Å². The predicted octanol–water partition coefficient (Wildman–Crippen LogP) is 22.3. The first kappa shape index (κ1) is 75.5. The number of methoxy groups -OCH3 is 1. The van der Waals surface area contributed by atoms with Crippen molar-refractivity contribution in [3.05, 3.63) is 328 Å². The molecule has 11 nitrogen and oxygen atoms in total. The second-order valence-electron chi connectivity index (χ2n) is 31.0. The maximum atomic E-state index is 13.1. The molecule has 0 aromatic heterocycles. The number of amides is 5. The van der Waals surface area contributed by atoms with Crippen LogP contribution in [0.3, 0.4) is 0 Å². The summed E-state index contributed by atoms with van der Waals surface area (Å²) < 4.78 is 70.7. The molecule has 20 rings (SSSR count). The van der Waals surface area contributed by atoms with Gasteiger partial charge in [-0.15, -0.1) is 6.58 Å². The molecule has 0 fully saturated rings. The van der Waals surface area contributed by atoms with E-state index in [9.17, 15) is 45.9 Å². The fourth-order valence-electron chi connectivity index (χ4n) is 17.6. The van der Waals surface area contributed by atoms with Crippen molar-refractivity contribution >= 4 is 114 Å². The van der Waals surface area contributed by atoms with Gasteiger partial charge >= 0.3 is 6.18 Å². The molecule has 0 saturated carbocycles. The van der Waals surface area contributed by atoms with Crippen LogP contribution in [0.4, 0.5) is 50.4 Å². The lowest BCUT2D eigenvalue weighted by Gasteiger charge is -2.13. The van der Waals surface area contributed by atoms with Gasteiger partial charge in [-0.1, -0.05) is 150 Å². The van der Waals surface area contributed by atoms with Crippen molar-refractivity contribution in [1.82, 2.24) is 0 Å². The summed E-state index contributed by atoms with van der Waals surface area (Å²) in [6.45, 7) is 16.3. The summed E-state index contributed by atoms with van der Waals surface area (Å²) in [5.41, 5.74) is 39.3. The highest BCUT2D eigenvalue weighted by atomic mass is 19.4. The van der Waals surface area contributed by atoms with E-state index in [4.69, 9.17) is 4.74 Å². The molecule has 16 heteroatoms. The van der Waals surface area contributed by atoms with E-state index < -0.39 is 18.2 Å². The number of carbonyl (C=O) groups is 5. The molecular formula is C98H84F5N5O6. The zero-order valence-corrected chi connectivity index (χ0v) is 64.5. The van der Waals surface area contributed by atoms with Gasteiger partial charge in [0.25, 0.3) is 6.43 Å². The number of carbonyl (C=O) groups excluding carboxylic acids is 5. The van der Waals surface area contributed by atoms with Gasteiger partial charge in [0.1, 0.15) is 5.75 Å². The lowest BCUT2D eigenvalue weighted by molar-refractivity contribution is -0.137. The van der Waals surface area contributed by atoms with Crippen LogP contribution in [-0.4, -0.2) is 36.6 Å². The Morgan fingerprint density at radius 3 is 1.02 bits per heavy atom. The Balaban J connectivity index is 0.000000107. The number of anilines is 5. The summed E-state index contributed by atoms with van der Waals surface area (Å²) in [6, 6.07) is 58.4. The van der Waals surface area contributed by atoms with E-state index >= 15 is 0 Å². The Bertz CT molecular complexity index is 6000. The highest BCUT2D eigenvalue weighted by Crippen LogP contribution is 2.52. The summed E-state index contributed by atoms with van der Waals surface area (Å²) >= 11 is 0. The third-order valence-corrected chi connectivity index (χ3v) is 23.1. The number of hydrogen-bond acceptors (Lipinski definition) is 6. The Morgan fingerprint density at radius 1 is 0.351 bits per heavy atom. The maximum Gasteiger partial charge on any atom is 0.416 e. The number of rotatable bonds is 5. The van der Waals surface area contributed by atoms with Crippen LogP contribution in [0.15, 0.2) is 195 Å². The molecule has 0 radical (unpaired) electrons. The topological polar surface area (TPSA) is 155 Å². The SMILES string of the molecule is C=CCc1ccc2c(c1)C1=C(CC(=O)N2)c2cc(C)ccc2C1.CCc1ccc2c(c1)C1=C(CC(=O)N2)c2cc(C)ccc2C1.COc1ccc2c(c1)NC(=O)CC1=C2Cc2ccc(C)cc21.Cc1ccc2c(c1)C1=C(C2)c2cc(C(F)(F)F)ccc2NC(=O)C1.Cc1ccc2c(c1)C1=C(C2)c2cc(C(F)F)ccc2NC(=O)C1. The van der Waals surface area contributed by atoms with Crippen LogP contribution in [0, 0.1) is 34.6 Å². The van der Waals surface area contributed by atoms with Gasteiger partial charge < -0.3 is 31.3 Å². The number of hydrogen-bond donors (Lipinski definition) is 5. The number of halogens is 5. The van der Waals surface area contributed by atoms with E-state index in [1.165, 1.54) is 124 Å². The third-order valence-electron chi connectivity index (χ3n) is 23.1. The number of alkyl halides is 5. The fourth-order valence-corrected chi connectivity index (χ4v) is 17.6. The van der Waals surface area contributed by atoms with E-state index in [1.54, 1.807) is 13.2 Å². The van der Waals surface area contributed by atoms with Gasteiger partial charge in [-0.3, -0.25) is 24.0 Å². The molecule has 114 heavy (non-hydrogen) atoms. The molecular weight excluding hydrogens is 1440 g/mol. The molecule has 572 valence electrons. The van der Waals surface area contributed by atoms with E-state index in [-0.39, 0.29) is 47.9 Å². The van der Waals surface area contributed by atoms with Gasteiger partial charge in [-0.05, 0) is 269 Å².